The van der Waals surface area contributed by atoms with E-state index in [1.165, 1.54) is 10.8 Å². The molecule has 10 heteroatoms. The number of hydrogen-bond acceptors (Lipinski definition) is 7. The predicted molar refractivity (Wildman–Crippen MR) is 94.2 cm³/mol. The van der Waals surface area contributed by atoms with Crippen LogP contribution in [0.5, 0.6) is 0 Å². The van der Waals surface area contributed by atoms with Crippen LogP contribution in [0, 0.1) is 6.92 Å². The average molecular weight is 394 g/mol. The number of fused-ring (bicyclic) bond motifs is 1. The molecule has 2 saturated heterocycles. The van der Waals surface area contributed by atoms with Crippen LogP contribution in [0.4, 0.5) is 0 Å². The maximum Gasteiger partial charge on any atom is 0.475 e. The summed E-state index contributed by atoms with van der Waals surface area (Å²) in [6.45, 7) is 1.73. The van der Waals surface area contributed by atoms with Crippen LogP contribution in [-0.4, -0.2) is 28.4 Å². The number of nitrogens with one attached hydrogen (secondary N) is 1. The first-order valence-electron chi connectivity index (χ1n) is 8.52. The van der Waals surface area contributed by atoms with E-state index in [0.29, 0.717) is 5.56 Å². The summed E-state index contributed by atoms with van der Waals surface area (Å²) in [5, 5.41) is 0. The Morgan fingerprint density at radius 1 is 1.26 bits per heavy atom. The van der Waals surface area contributed by atoms with Crippen molar-refractivity contribution in [3.8, 4) is 0 Å². The first-order chi connectivity index (χ1) is 12.9. The molecule has 4 atom stereocenters. The summed E-state index contributed by atoms with van der Waals surface area (Å²) >= 11 is 0. The van der Waals surface area contributed by atoms with Crippen molar-refractivity contribution < 1.29 is 22.9 Å². The molecule has 0 bridgehead atoms. The molecule has 2 aromatic rings. The quantitative estimate of drug-likeness (QED) is 0.789. The molecule has 2 fully saturated rings. The van der Waals surface area contributed by atoms with Crippen molar-refractivity contribution in [1.29, 1.82) is 0 Å². The van der Waals surface area contributed by atoms with E-state index >= 15 is 0 Å². The van der Waals surface area contributed by atoms with E-state index in [9.17, 15) is 14.2 Å². The summed E-state index contributed by atoms with van der Waals surface area (Å²) < 4.78 is 36.1. The maximum atomic E-state index is 12.7. The van der Waals surface area contributed by atoms with Gasteiger partial charge in [0.05, 0.1) is 13.2 Å². The number of nitrogens with zero attached hydrogens (tertiary/aromatic N) is 1. The van der Waals surface area contributed by atoms with E-state index < -0.39 is 37.5 Å². The summed E-state index contributed by atoms with van der Waals surface area (Å²) in [6.07, 6.45) is 0.0708. The van der Waals surface area contributed by atoms with Gasteiger partial charge >= 0.3 is 13.5 Å². The van der Waals surface area contributed by atoms with Crippen LogP contribution < -0.4 is 11.2 Å². The van der Waals surface area contributed by atoms with Crippen molar-refractivity contribution in [1.82, 2.24) is 9.55 Å². The Bertz CT molecular complexity index is 987. The van der Waals surface area contributed by atoms with Crippen LogP contribution in [0.25, 0.3) is 0 Å². The van der Waals surface area contributed by atoms with Crippen LogP contribution in [0.2, 0.25) is 0 Å². The number of aryl methyl sites for hydroxylation is 1. The van der Waals surface area contributed by atoms with Gasteiger partial charge in [-0.1, -0.05) is 30.3 Å². The number of H-pyrrole nitrogens is 1. The van der Waals surface area contributed by atoms with Crippen LogP contribution in [0.1, 0.15) is 23.8 Å². The third-order valence-corrected chi connectivity index (χ3v) is 5.97. The summed E-state index contributed by atoms with van der Waals surface area (Å²) in [4.78, 5) is 25.8. The number of aromatic nitrogens is 2. The number of hydrogen-bond donors (Lipinski definition) is 1. The van der Waals surface area contributed by atoms with E-state index in [2.05, 4.69) is 4.98 Å². The molecule has 27 heavy (non-hydrogen) atoms. The Kier molecular flexibility index (Phi) is 4.88. The van der Waals surface area contributed by atoms with Gasteiger partial charge in [0.2, 0.25) is 0 Å². The Hall–Kier alpha value is -2.03. The molecule has 3 heterocycles. The number of rotatable bonds is 4. The van der Waals surface area contributed by atoms with Crippen molar-refractivity contribution in [3.05, 3.63) is 68.5 Å². The fourth-order valence-corrected chi connectivity index (χ4v) is 4.48. The van der Waals surface area contributed by atoms with Crippen molar-refractivity contribution >= 4 is 7.82 Å². The number of ether oxygens (including phenoxy) is 1. The second-order valence-corrected chi connectivity index (χ2v) is 8.11. The molecule has 1 aromatic carbocycles. The second-order valence-electron chi connectivity index (χ2n) is 6.49. The molecule has 0 saturated carbocycles. The summed E-state index contributed by atoms with van der Waals surface area (Å²) in [6, 6.07) is 9.27. The highest BCUT2D eigenvalue weighted by atomic mass is 31.2. The molecule has 0 aliphatic carbocycles. The van der Waals surface area contributed by atoms with Gasteiger partial charge in [0.25, 0.3) is 5.56 Å². The van der Waals surface area contributed by atoms with Gasteiger partial charge < -0.3 is 4.74 Å². The van der Waals surface area contributed by atoms with Gasteiger partial charge in [0.15, 0.2) is 0 Å². The monoisotopic (exact) mass is 394 g/mol. The van der Waals surface area contributed by atoms with E-state index in [1.54, 1.807) is 6.92 Å². The third-order valence-electron chi connectivity index (χ3n) is 4.53. The van der Waals surface area contributed by atoms with Crippen LogP contribution in [-0.2, 0) is 29.5 Å². The second kappa shape index (κ2) is 7.18. The molecule has 4 rings (SSSR count). The fraction of sp³-hybridized carbons (Fsp3) is 0.412. The van der Waals surface area contributed by atoms with Crippen molar-refractivity contribution in [3.63, 3.8) is 0 Å². The Balaban J connectivity index is 1.45. The fourth-order valence-electron chi connectivity index (χ4n) is 3.09. The molecule has 2 aliphatic heterocycles. The highest BCUT2D eigenvalue weighted by molar-refractivity contribution is 7.48. The van der Waals surface area contributed by atoms with E-state index in [1.807, 2.05) is 30.3 Å². The average Bonchev–Trinajstić information content (AvgIpc) is 3.06. The molecule has 0 spiro atoms. The lowest BCUT2D eigenvalue weighted by atomic mass is 10.2. The molecular formula is C17H19N2O7P. The van der Waals surface area contributed by atoms with E-state index in [-0.39, 0.29) is 19.6 Å². The van der Waals surface area contributed by atoms with Gasteiger partial charge in [-0.25, -0.2) is 9.36 Å². The first-order valence-corrected chi connectivity index (χ1v) is 9.98. The highest BCUT2D eigenvalue weighted by Crippen LogP contribution is 2.57. The number of phosphoric acid groups is 1. The molecule has 2 aliphatic rings. The molecule has 1 aromatic heterocycles. The lowest BCUT2D eigenvalue weighted by Gasteiger charge is -2.29. The van der Waals surface area contributed by atoms with Gasteiger partial charge in [0.1, 0.15) is 18.4 Å². The Morgan fingerprint density at radius 2 is 2.04 bits per heavy atom. The number of benzene rings is 1. The minimum atomic E-state index is -3.72. The lowest BCUT2D eigenvalue weighted by molar-refractivity contribution is -0.0730. The Labute approximate surface area is 154 Å². The molecule has 0 unspecified atom stereocenters. The summed E-state index contributed by atoms with van der Waals surface area (Å²) in [7, 11) is -3.72. The molecule has 9 nitrogen and oxygen atoms in total. The number of phosphoric ester groups is 1. The normalized spacial score (nSPS) is 30.2. The predicted octanol–water partition coefficient (Wildman–Crippen LogP) is 1.87. The van der Waals surface area contributed by atoms with Crippen molar-refractivity contribution in [2.45, 2.75) is 38.4 Å². The molecule has 1 N–H and O–H groups in total. The van der Waals surface area contributed by atoms with Gasteiger partial charge in [-0.2, -0.15) is 0 Å². The Morgan fingerprint density at radius 3 is 2.81 bits per heavy atom. The lowest BCUT2D eigenvalue weighted by Crippen LogP contribution is -2.34. The number of aromatic amines is 1. The zero-order chi connectivity index (χ0) is 19.0. The minimum Gasteiger partial charge on any atom is -0.349 e. The minimum absolute atomic E-state index is 0.0321. The first kappa shape index (κ1) is 18.3. The van der Waals surface area contributed by atoms with Crippen LogP contribution in [0.15, 0.2) is 46.1 Å². The zero-order valence-corrected chi connectivity index (χ0v) is 15.5. The topological polar surface area (TPSA) is 109 Å². The van der Waals surface area contributed by atoms with E-state index in [0.717, 1.165) is 5.56 Å². The standard InChI is InChI=1S/C17H19N2O7P/c1-11-8-19(17(21)18-16(11)20)15-7-13-14(25-15)10-24-27(22,26-13)23-9-12-5-3-2-4-6-12/h2-6,8,13-15H,7,9-10H2,1H3,(H,18,20,21)/t13-,14-,15+,27-/m0/s1. The van der Waals surface area contributed by atoms with Crippen molar-refractivity contribution in [2.24, 2.45) is 0 Å². The van der Waals surface area contributed by atoms with Crippen LogP contribution >= 0.6 is 7.82 Å². The van der Waals surface area contributed by atoms with Gasteiger partial charge in [-0.05, 0) is 12.5 Å². The van der Waals surface area contributed by atoms with Crippen LogP contribution in [0.3, 0.4) is 0 Å². The van der Waals surface area contributed by atoms with E-state index in [4.69, 9.17) is 18.3 Å². The SMILES string of the molecule is Cc1cn([C@H]2C[C@@H]3O[P@@](=O)(OCc4ccccc4)OC[C@@H]3O2)c(=O)[nH]c1=O. The zero-order valence-electron chi connectivity index (χ0n) is 14.6. The smallest absolute Gasteiger partial charge is 0.349 e. The summed E-state index contributed by atoms with van der Waals surface area (Å²) in [5.41, 5.74) is 0.226. The van der Waals surface area contributed by atoms with Gasteiger partial charge in [0, 0.05) is 18.2 Å². The third kappa shape index (κ3) is 3.83. The molecule has 0 amide bonds. The summed E-state index contributed by atoms with van der Waals surface area (Å²) in [5.74, 6) is 0. The largest absolute Gasteiger partial charge is 0.475 e. The molecule has 0 radical (unpaired) electrons. The maximum absolute atomic E-state index is 12.7. The van der Waals surface area contributed by atoms with Crippen molar-refractivity contribution in [2.75, 3.05) is 6.61 Å². The van der Waals surface area contributed by atoms with Gasteiger partial charge in [-0.15, -0.1) is 0 Å². The molecule has 144 valence electrons. The van der Waals surface area contributed by atoms with Gasteiger partial charge in [-0.3, -0.25) is 27.9 Å². The molecular weight excluding hydrogens is 375 g/mol. The highest BCUT2D eigenvalue weighted by Gasteiger charge is 2.48.